The van der Waals surface area contributed by atoms with E-state index in [1.807, 2.05) is 6.07 Å². The van der Waals surface area contributed by atoms with Crippen LogP contribution in [0.15, 0.2) is 5.11 Å². The van der Waals surface area contributed by atoms with Crippen LogP contribution >= 0.6 is 0 Å². The van der Waals surface area contributed by atoms with Crippen LogP contribution in [0.4, 0.5) is 4.79 Å². The van der Waals surface area contributed by atoms with Crippen molar-refractivity contribution >= 4 is 6.09 Å². The van der Waals surface area contributed by atoms with Crippen molar-refractivity contribution in [2.45, 2.75) is 19.1 Å². The number of nitriles is 1. The Morgan fingerprint density at radius 1 is 1.76 bits per heavy atom. The molecule has 0 aromatic rings. The van der Waals surface area contributed by atoms with E-state index in [0.717, 1.165) is 4.90 Å². The SMILES string of the molecule is N#CC1CCCN(C(=O)O)C1OCCN=[N+]=[N-]. The minimum Gasteiger partial charge on any atom is -0.465 e. The lowest BCUT2D eigenvalue weighted by molar-refractivity contribution is -0.0832. The zero-order valence-corrected chi connectivity index (χ0v) is 9.19. The van der Waals surface area contributed by atoms with E-state index in [1.165, 1.54) is 0 Å². The van der Waals surface area contributed by atoms with E-state index in [-0.39, 0.29) is 13.2 Å². The van der Waals surface area contributed by atoms with Crippen LogP contribution in [0, 0.1) is 17.2 Å². The summed E-state index contributed by atoms with van der Waals surface area (Å²) in [6, 6.07) is 2.05. The van der Waals surface area contributed by atoms with E-state index < -0.39 is 18.2 Å². The van der Waals surface area contributed by atoms with Crippen LogP contribution < -0.4 is 0 Å². The number of amides is 1. The van der Waals surface area contributed by atoms with Crippen molar-refractivity contribution in [2.24, 2.45) is 11.0 Å². The van der Waals surface area contributed by atoms with E-state index in [4.69, 9.17) is 20.6 Å². The molecule has 0 spiro atoms. The number of carboxylic acid groups (broad SMARTS) is 1. The lowest BCUT2D eigenvalue weighted by Crippen LogP contribution is -2.49. The number of piperidine rings is 1. The molecule has 1 fully saturated rings. The highest BCUT2D eigenvalue weighted by molar-refractivity contribution is 5.65. The second-order valence-corrected chi connectivity index (χ2v) is 3.57. The average molecular weight is 239 g/mol. The van der Waals surface area contributed by atoms with Gasteiger partial charge in [0.1, 0.15) is 0 Å². The summed E-state index contributed by atoms with van der Waals surface area (Å²) in [5.74, 6) is -0.467. The summed E-state index contributed by atoms with van der Waals surface area (Å²) >= 11 is 0. The predicted octanol–water partition coefficient (Wildman–Crippen LogP) is 1.55. The summed E-state index contributed by atoms with van der Waals surface area (Å²) in [5.41, 5.74) is 8.09. The van der Waals surface area contributed by atoms with Crippen molar-refractivity contribution in [2.75, 3.05) is 19.7 Å². The molecule has 1 aliphatic heterocycles. The number of rotatable bonds is 4. The smallest absolute Gasteiger partial charge is 0.409 e. The minimum atomic E-state index is -1.10. The fourth-order valence-electron chi connectivity index (χ4n) is 1.77. The highest BCUT2D eigenvalue weighted by Gasteiger charge is 2.35. The Hall–Kier alpha value is -1.97. The Labute approximate surface area is 98.0 Å². The minimum absolute atomic E-state index is 0.108. The third-order valence-electron chi connectivity index (χ3n) is 2.52. The van der Waals surface area contributed by atoms with Crippen molar-refractivity contribution in [1.82, 2.24) is 4.90 Å². The highest BCUT2D eigenvalue weighted by atomic mass is 16.5. The van der Waals surface area contributed by atoms with Gasteiger partial charge in [0.15, 0.2) is 6.23 Å². The monoisotopic (exact) mass is 239 g/mol. The second kappa shape index (κ2) is 6.58. The first-order valence-electron chi connectivity index (χ1n) is 5.22. The first-order valence-corrected chi connectivity index (χ1v) is 5.22. The molecule has 1 amide bonds. The van der Waals surface area contributed by atoms with Crippen LogP contribution in [0.1, 0.15) is 12.8 Å². The molecule has 2 unspecified atom stereocenters. The molecular formula is C9H13N5O3. The van der Waals surface area contributed by atoms with E-state index in [9.17, 15) is 4.79 Å². The molecule has 0 saturated carbocycles. The summed E-state index contributed by atoms with van der Waals surface area (Å²) < 4.78 is 5.32. The normalized spacial score (nSPS) is 23.6. The third-order valence-corrected chi connectivity index (χ3v) is 2.52. The Bertz CT molecular complexity index is 360. The number of hydrogen-bond acceptors (Lipinski definition) is 4. The highest BCUT2D eigenvalue weighted by Crippen LogP contribution is 2.24. The molecule has 1 N–H and O–H groups in total. The lowest BCUT2D eigenvalue weighted by atomic mass is 9.97. The molecule has 1 rings (SSSR count). The Balaban J connectivity index is 2.61. The summed E-state index contributed by atoms with van der Waals surface area (Å²) in [6.07, 6.45) is -0.591. The molecule has 1 aliphatic rings. The molecule has 92 valence electrons. The topological polar surface area (TPSA) is 122 Å². The van der Waals surface area contributed by atoms with Crippen molar-refractivity contribution in [3.63, 3.8) is 0 Å². The number of likely N-dealkylation sites (tertiary alicyclic amines) is 1. The molecule has 2 atom stereocenters. The molecule has 1 saturated heterocycles. The van der Waals surface area contributed by atoms with E-state index in [1.54, 1.807) is 0 Å². The van der Waals surface area contributed by atoms with Gasteiger partial charge in [0.25, 0.3) is 0 Å². The standard InChI is InChI=1S/C9H13N5O3/c10-6-7-2-1-4-14(9(15)16)8(7)17-5-3-12-13-11/h7-8H,1-5H2,(H,15,16). The zero-order chi connectivity index (χ0) is 12.7. The lowest BCUT2D eigenvalue weighted by Gasteiger charge is -2.36. The Morgan fingerprint density at radius 2 is 2.53 bits per heavy atom. The molecule has 0 bridgehead atoms. The number of nitrogens with zero attached hydrogens (tertiary/aromatic N) is 5. The number of azide groups is 1. The Kier molecular flexibility index (Phi) is 5.07. The van der Waals surface area contributed by atoms with E-state index >= 15 is 0 Å². The fourth-order valence-corrected chi connectivity index (χ4v) is 1.77. The van der Waals surface area contributed by atoms with Gasteiger partial charge in [0.2, 0.25) is 0 Å². The van der Waals surface area contributed by atoms with Gasteiger partial charge in [-0.2, -0.15) is 5.26 Å². The van der Waals surface area contributed by atoms with Crippen LogP contribution in [0.5, 0.6) is 0 Å². The summed E-state index contributed by atoms with van der Waals surface area (Å²) in [5, 5.41) is 21.2. The largest absolute Gasteiger partial charge is 0.465 e. The fraction of sp³-hybridized carbons (Fsp3) is 0.778. The maximum Gasteiger partial charge on any atom is 0.409 e. The van der Waals surface area contributed by atoms with Gasteiger partial charge < -0.3 is 9.84 Å². The summed E-state index contributed by atoms with van der Waals surface area (Å²) in [7, 11) is 0. The molecule has 17 heavy (non-hydrogen) atoms. The van der Waals surface area contributed by atoms with Crippen molar-refractivity contribution in [3.05, 3.63) is 10.4 Å². The van der Waals surface area contributed by atoms with Gasteiger partial charge in [0.05, 0.1) is 18.6 Å². The van der Waals surface area contributed by atoms with E-state index in [0.29, 0.717) is 19.4 Å². The molecule has 1 heterocycles. The molecule has 0 aromatic carbocycles. The molecule has 0 aromatic heterocycles. The average Bonchev–Trinajstić information content (AvgIpc) is 2.34. The number of hydrogen-bond donors (Lipinski definition) is 1. The predicted molar refractivity (Wildman–Crippen MR) is 56.8 cm³/mol. The first kappa shape index (κ1) is 13.1. The Morgan fingerprint density at radius 3 is 3.12 bits per heavy atom. The van der Waals surface area contributed by atoms with Gasteiger partial charge in [-0.25, -0.2) is 4.79 Å². The molecule has 8 heteroatoms. The number of ether oxygens (including phenoxy) is 1. The van der Waals surface area contributed by atoms with Crippen molar-refractivity contribution in [3.8, 4) is 6.07 Å². The third kappa shape index (κ3) is 3.52. The van der Waals surface area contributed by atoms with E-state index in [2.05, 4.69) is 10.0 Å². The van der Waals surface area contributed by atoms with Crippen LogP contribution in [0.25, 0.3) is 10.4 Å². The first-order chi connectivity index (χ1) is 8.20. The molecule has 0 radical (unpaired) electrons. The quantitative estimate of drug-likeness (QED) is 0.346. The molecule has 8 nitrogen and oxygen atoms in total. The number of carbonyl (C=O) groups is 1. The maximum absolute atomic E-state index is 11.0. The van der Waals surface area contributed by atoms with Crippen LogP contribution in [0.2, 0.25) is 0 Å². The van der Waals surface area contributed by atoms with Gasteiger partial charge in [-0.15, -0.1) is 0 Å². The zero-order valence-electron chi connectivity index (χ0n) is 9.19. The molecule has 0 aliphatic carbocycles. The summed E-state index contributed by atoms with van der Waals surface area (Å²) in [6.45, 7) is 0.592. The van der Waals surface area contributed by atoms with Gasteiger partial charge in [0, 0.05) is 18.0 Å². The second-order valence-electron chi connectivity index (χ2n) is 3.57. The van der Waals surface area contributed by atoms with Gasteiger partial charge >= 0.3 is 6.09 Å². The summed E-state index contributed by atoms with van der Waals surface area (Å²) in [4.78, 5) is 14.6. The maximum atomic E-state index is 11.0. The molecular weight excluding hydrogens is 226 g/mol. The van der Waals surface area contributed by atoms with Gasteiger partial charge in [-0.1, -0.05) is 5.11 Å². The van der Waals surface area contributed by atoms with Crippen LogP contribution in [0.3, 0.4) is 0 Å². The van der Waals surface area contributed by atoms with Crippen molar-refractivity contribution < 1.29 is 14.6 Å². The van der Waals surface area contributed by atoms with Gasteiger partial charge in [-0.05, 0) is 18.4 Å². The van der Waals surface area contributed by atoms with Crippen LogP contribution in [-0.4, -0.2) is 42.0 Å². The van der Waals surface area contributed by atoms with Crippen molar-refractivity contribution in [1.29, 1.82) is 5.26 Å². The van der Waals surface area contributed by atoms with Gasteiger partial charge in [-0.3, -0.25) is 4.90 Å². The van der Waals surface area contributed by atoms with Crippen LogP contribution in [-0.2, 0) is 4.74 Å².